The van der Waals surface area contributed by atoms with E-state index in [4.69, 9.17) is 4.99 Å². The Balaban J connectivity index is 1.30. The van der Waals surface area contributed by atoms with Crippen LogP contribution in [-0.4, -0.2) is 36.0 Å². The summed E-state index contributed by atoms with van der Waals surface area (Å²) in [6.07, 6.45) is 9.34. The fraction of sp³-hybridized carbons (Fsp3) is 0.867. The van der Waals surface area contributed by atoms with Crippen LogP contribution in [0.25, 0.3) is 0 Å². The molecule has 0 atom stereocenters. The monoisotopic (exact) mass is 295 g/mol. The van der Waals surface area contributed by atoms with Gasteiger partial charge < -0.3 is 10.6 Å². The first-order valence-electron chi connectivity index (χ1n) is 7.96. The second-order valence-corrected chi connectivity index (χ2v) is 7.45. The van der Waals surface area contributed by atoms with E-state index in [0.29, 0.717) is 17.9 Å². The molecule has 112 valence electrons. The maximum atomic E-state index is 11.5. The fourth-order valence-electron chi connectivity index (χ4n) is 3.06. The number of hydrogen-bond donors (Lipinski definition) is 2. The van der Waals surface area contributed by atoms with Crippen LogP contribution in [0.3, 0.4) is 0 Å². The predicted molar refractivity (Wildman–Crippen MR) is 84.1 cm³/mol. The van der Waals surface area contributed by atoms with Crippen molar-refractivity contribution < 1.29 is 4.79 Å². The number of nitrogens with zero attached hydrogens (tertiary/aromatic N) is 1. The van der Waals surface area contributed by atoms with Gasteiger partial charge in [0.15, 0.2) is 5.17 Å². The van der Waals surface area contributed by atoms with E-state index in [1.807, 2.05) is 11.8 Å². The highest BCUT2D eigenvalue weighted by Crippen LogP contribution is 2.43. The van der Waals surface area contributed by atoms with Gasteiger partial charge in [-0.25, -0.2) is 0 Å². The van der Waals surface area contributed by atoms with E-state index in [1.54, 1.807) is 0 Å². The molecule has 3 aliphatic rings. The normalized spacial score (nSPS) is 24.5. The lowest BCUT2D eigenvalue weighted by atomic mass is 9.89. The molecule has 3 rings (SSSR count). The van der Waals surface area contributed by atoms with E-state index in [-0.39, 0.29) is 5.91 Å². The van der Waals surface area contributed by atoms with Gasteiger partial charge in [-0.1, -0.05) is 24.6 Å². The molecule has 1 heterocycles. The summed E-state index contributed by atoms with van der Waals surface area (Å²) < 4.78 is 0. The zero-order chi connectivity index (χ0) is 13.8. The molecular weight excluding hydrogens is 270 g/mol. The van der Waals surface area contributed by atoms with Crippen molar-refractivity contribution >= 4 is 22.8 Å². The summed E-state index contributed by atoms with van der Waals surface area (Å²) >= 11 is 1.88. The average Bonchev–Trinajstić information content (AvgIpc) is 3.15. The Hall–Kier alpha value is -0.710. The highest BCUT2D eigenvalue weighted by Gasteiger charge is 2.36. The third-order valence-corrected chi connectivity index (χ3v) is 5.84. The number of carbonyl (C=O) groups is 1. The molecule has 2 aliphatic carbocycles. The molecule has 1 aliphatic heterocycles. The second-order valence-electron chi connectivity index (χ2n) is 6.49. The molecule has 2 saturated carbocycles. The molecule has 1 amide bonds. The van der Waals surface area contributed by atoms with Crippen LogP contribution in [0.2, 0.25) is 0 Å². The van der Waals surface area contributed by atoms with Gasteiger partial charge in [0.1, 0.15) is 0 Å². The van der Waals surface area contributed by atoms with E-state index in [2.05, 4.69) is 10.6 Å². The van der Waals surface area contributed by atoms with Crippen molar-refractivity contribution in [3.05, 3.63) is 0 Å². The third kappa shape index (κ3) is 3.90. The first-order chi connectivity index (χ1) is 9.76. The molecule has 5 heteroatoms. The molecule has 0 radical (unpaired) electrons. The minimum Gasteiger partial charge on any atom is -0.365 e. The number of hydrogen-bond acceptors (Lipinski definition) is 4. The van der Waals surface area contributed by atoms with Crippen molar-refractivity contribution in [2.45, 2.75) is 57.4 Å². The molecule has 0 bridgehead atoms. The van der Waals surface area contributed by atoms with Crippen LogP contribution in [0.1, 0.15) is 51.4 Å². The van der Waals surface area contributed by atoms with E-state index in [9.17, 15) is 4.79 Å². The summed E-state index contributed by atoms with van der Waals surface area (Å²) in [6.45, 7) is 1.86. The number of nitrogens with one attached hydrogen (secondary N) is 2. The molecule has 2 N–H and O–H groups in total. The van der Waals surface area contributed by atoms with Crippen LogP contribution in [-0.2, 0) is 4.79 Å². The molecule has 2 fully saturated rings. The summed E-state index contributed by atoms with van der Waals surface area (Å²) in [4.78, 5) is 16.2. The molecule has 0 aromatic carbocycles. The summed E-state index contributed by atoms with van der Waals surface area (Å²) in [7, 11) is 0. The first kappa shape index (κ1) is 14.2. The van der Waals surface area contributed by atoms with E-state index < -0.39 is 0 Å². The lowest BCUT2D eigenvalue weighted by molar-refractivity contribution is -0.121. The van der Waals surface area contributed by atoms with Crippen molar-refractivity contribution in [3.63, 3.8) is 0 Å². The Kier molecular flexibility index (Phi) is 4.54. The standard InChI is InChI=1S/C15H25N3OS/c19-13(18-12-5-6-12)4-3-9-16-14-17-10-15(11-20-14)7-1-2-8-15/h12H,1-11H2,(H,16,17)(H,18,19). The number of rotatable bonds is 5. The van der Waals surface area contributed by atoms with Gasteiger partial charge in [-0.05, 0) is 37.5 Å². The number of amides is 1. The zero-order valence-corrected chi connectivity index (χ0v) is 12.9. The van der Waals surface area contributed by atoms with Crippen molar-refractivity contribution in [1.29, 1.82) is 0 Å². The molecule has 20 heavy (non-hydrogen) atoms. The van der Waals surface area contributed by atoms with Crippen LogP contribution in [0.15, 0.2) is 4.99 Å². The number of amidine groups is 1. The van der Waals surface area contributed by atoms with Gasteiger partial charge in [0, 0.05) is 31.3 Å². The summed E-state index contributed by atoms with van der Waals surface area (Å²) in [5, 5.41) is 7.50. The highest BCUT2D eigenvalue weighted by molar-refractivity contribution is 8.13. The number of thioether (sulfide) groups is 1. The van der Waals surface area contributed by atoms with Crippen LogP contribution < -0.4 is 10.6 Å². The summed E-state index contributed by atoms with van der Waals surface area (Å²) in [5.74, 6) is 1.43. The Morgan fingerprint density at radius 1 is 1.35 bits per heavy atom. The molecule has 0 aromatic heterocycles. The van der Waals surface area contributed by atoms with Crippen molar-refractivity contribution in [1.82, 2.24) is 10.6 Å². The Morgan fingerprint density at radius 3 is 2.80 bits per heavy atom. The molecule has 4 nitrogen and oxygen atoms in total. The summed E-state index contributed by atoms with van der Waals surface area (Å²) in [6, 6.07) is 0.483. The van der Waals surface area contributed by atoms with Gasteiger partial charge in [-0.2, -0.15) is 0 Å². The topological polar surface area (TPSA) is 53.5 Å². The van der Waals surface area contributed by atoms with E-state index in [0.717, 1.165) is 24.7 Å². The Morgan fingerprint density at radius 2 is 2.15 bits per heavy atom. The first-order valence-corrected chi connectivity index (χ1v) is 8.95. The van der Waals surface area contributed by atoms with Gasteiger partial charge in [0.25, 0.3) is 0 Å². The van der Waals surface area contributed by atoms with Crippen molar-refractivity contribution in [2.24, 2.45) is 10.4 Å². The average molecular weight is 295 g/mol. The van der Waals surface area contributed by atoms with Gasteiger partial charge in [-0.3, -0.25) is 9.79 Å². The minimum atomic E-state index is 0.206. The van der Waals surface area contributed by atoms with Crippen LogP contribution in [0.5, 0.6) is 0 Å². The zero-order valence-electron chi connectivity index (χ0n) is 12.1. The molecule has 0 aromatic rings. The maximum Gasteiger partial charge on any atom is 0.220 e. The predicted octanol–water partition coefficient (Wildman–Crippen LogP) is 2.30. The molecule has 1 spiro atoms. The second kappa shape index (κ2) is 6.37. The number of aliphatic imine (C=N–C) groups is 1. The van der Waals surface area contributed by atoms with Crippen molar-refractivity contribution in [3.8, 4) is 0 Å². The maximum absolute atomic E-state index is 11.5. The van der Waals surface area contributed by atoms with Crippen molar-refractivity contribution in [2.75, 3.05) is 18.8 Å². The SMILES string of the molecule is O=C(CCCNC1=NCC2(CCCC2)CS1)NC1CC1. The lowest BCUT2D eigenvalue weighted by Crippen LogP contribution is -2.34. The van der Waals surface area contributed by atoms with E-state index in [1.165, 1.54) is 44.3 Å². The number of carbonyl (C=O) groups excluding carboxylic acids is 1. The Bertz CT molecular complexity index is 387. The third-order valence-electron chi connectivity index (χ3n) is 4.54. The fourth-order valence-corrected chi connectivity index (χ4v) is 4.24. The molecule has 0 saturated heterocycles. The molecular formula is C15H25N3OS. The minimum absolute atomic E-state index is 0.206. The van der Waals surface area contributed by atoms with Crippen LogP contribution >= 0.6 is 11.8 Å². The van der Waals surface area contributed by atoms with Crippen LogP contribution in [0.4, 0.5) is 0 Å². The van der Waals surface area contributed by atoms with Gasteiger partial charge in [0.2, 0.25) is 5.91 Å². The summed E-state index contributed by atoms with van der Waals surface area (Å²) in [5.41, 5.74) is 0.514. The molecule has 0 unspecified atom stereocenters. The Labute approximate surface area is 125 Å². The van der Waals surface area contributed by atoms with Gasteiger partial charge in [-0.15, -0.1) is 0 Å². The smallest absolute Gasteiger partial charge is 0.220 e. The quantitative estimate of drug-likeness (QED) is 0.765. The van der Waals surface area contributed by atoms with Gasteiger partial charge >= 0.3 is 0 Å². The highest BCUT2D eigenvalue weighted by atomic mass is 32.2. The largest absolute Gasteiger partial charge is 0.365 e. The van der Waals surface area contributed by atoms with E-state index >= 15 is 0 Å². The van der Waals surface area contributed by atoms with Gasteiger partial charge in [0.05, 0.1) is 0 Å². The lowest BCUT2D eigenvalue weighted by Gasteiger charge is -2.31. The van der Waals surface area contributed by atoms with Crippen LogP contribution in [0, 0.1) is 5.41 Å².